The Morgan fingerprint density at radius 2 is 2.41 bits per heavy atom. The van der Waals surface area contributed by atoms with Gasteiger partial charge < -0.3 is 10.0 Å². The van der Waals surface area contributed by atoms with Crippen LogP contribution in [0.2, 0.25) is 0 Å². The topological polar surface area (TPSA) is 36.4 Å². The number of aliphatic hydroxyl groups excluding tert-OH is 1. The van der Waals surface area contributed by atoms with Gasteiger partial charge in [0.05, 0.1) is 16.8 Å². The van der Waals surface area contributed by atoms with E-state index < -0.39 is 6.10 Å². The van der Waals surface area contributed by atoms with Gasteiger partial charge in [-0.15, -0.1) is 11.3 Å². The van der Waals surface area contributed by atoms with Crippen molar-refractivity contribution < 1.29 is 5.11 Å². The number of piperidine rings is 1. The van der Waals surface area contributed by atoms with Gasteiger partial charge >= 0.3 is 0 Å². The van der Waals surface area contributed by atoms with E-state index >= 15 is 0 Å². The Kier molecular flexibility index (Phi) is 4.54. The summed E-state index contributed by atoms with van der Waals surface area (Å²) in [6.07, 6.45) is 4.58. The molecule has 0 saturated carbocycles. The lowest BCUT2D eigenvalue weighted by atomic mass is 10.00. The quantitative estimate of drug-likeness (QED) is 0.897. The Labute approximate surface area is 107 Å². The molecule has 1 aliphatic rings. The van der Waals surface area contributed by atoms with Crippen LogP contribution >= 0.6 is 11.3 Å². The van der Waals surface area contributed by atoms with E-state index in [4.69, 9.17) is 0 Å². The van der Waals surface area contributed by atoms with Crippen molar-refractivity contribution in [2.24, 2.45) is 0 Å². The maximum Gasteiger partial charge on any atom is 0.0945 e. The molecule has 0 amide bonds. The van der Waals surface area contributed by atoms with Crippen molar-refractivity contribution in [1.82, 2.24) is 9.88 Å². The van der Waals surface area contributed by atoms with Gasteiger partial charge in [0.25, 0.3) is 0 Å². The molecule has 4 heteroatoms. The molecule has 1 N–H and O–H groups in total. The molecule has 0 bridgehead atoms. The number of nitrogens with zero attached hydrogens (tertiary/aromatic N) is 2. The lowest BCUT2D eigenvalue weighted by Crippen LogP contribution is -2.40. The van der Waals surface area contributed by atoms with Crippen LogP contribution < -0.4 is 0 Å². The Bertz CT molecular complexity index is 351. The third kappa shape index (κ3) is 3.27. The van der Waals surface area contributed by atoms with Gasteiger partial charge in [-0.1, -0.05) is 13.3 Å². The maximum absolute atomic E-state index is 9.47. The first kappa shape index (κ1) is 13.0. The first-order chi connectivity index (χ1) is 8.20. The van der Waals surface area contributed by atoms with Gasteiger partial charge in [-0.05, 0) is 32.9 Å². The van der Waals surface area contributed by atoms with Crippen molar-refractivity contribution in [3.05, 3.63) is 16.1 Å². The van der Waals surface area contributed by atoms with Crippen molar-refractivity contribution in [3.63, 3.8) is 0 Å². The number of likely N-dealkylation sites (tertiary alicyclic amines) is 1. The van der Waals surface area contributed by atoms with Crippen LogP contribution in [-0.2, 0) is 6.42 Å². The SMILES string of the molecule is CCN1CCCCC1Cc1nc(C(C)O)cs1. The van der Waals surface area contributed by atoms with Crippen molar-refractivity contribution in [1.29, 1.82) is 0 Å². The second-order valence-corrected chi connectivity index (χ2v) is 5.77. The Hall–Kier alpha value is -0.450. The largest absolute Gasteiger partial charge is 0.387 e. The third-order valence-corrected chi connectivity index (χ3v) is 4.45. The Balaban J connectivity index is 1.98. The molecule has 3 nitrogen and oxygen atoms in total. The van der Waals surface area contributed by atoms with Gasteiger partial charge in [-0.2, -0.15) is 0 Å². The van der Waals surface area contributed by atoms with Crippen molar-refractivity contribution in [2.45, 2.75) is 51.7 Å². The molecule has 17 heavy (non-hydrogen) atoms. The smallest absolute Gasteiger partial charge is 0.0945 e. The van der Waals surface area contributed by atoms with Crippen molar-refractivity contribution >= 4 is 11.3 Å². The van der Waals surface area contributed by atoms with Gasteiger partial charge in [0.2, 0.25) is 0 Å². The minimum atomic E-state index is -0.436. The van der Waals surface area contributed by atoms with E-state index in [2.05, 4.69) is 16.8 Å². The van der Waals surface area contributed by atoms with E-state index in [1.165, 1.54) is 30.8 Å². The lowest BCUT2D eigenvalue weighted by Gasteiger charge is -2.34. The molecule has 1 aromatic heterocycles. The summed E-state index contributed by atoms with van der Waals surface area (Å²) in [7, 11) is 0. The zero-order valence-electron chi connectivity index (χ0n) is 10.7. The van der Waals surface area contributed by atoms with Gasteiger partial charge in [0, 0.05) is 17.8 Å². The molecule has 2 heterocycles. The summed E-state index contributed by atoms with van der Waals surface area (Å²) >= 11 is 1.69. The van der Waals surface area contributed by atoms with Crippen molar-refractivity contribution in [3.8, 4) is 0 Å². The molecule has 0 spiro atoms. The lowest BCUT2D eigenvalue weighted by molar-refractivity contribution is 0.155. The zero-order chi connectivity index (χ0) is 12.3. The van der Waals surface area contributed by atoms with E-state index in [1.54, 1.807) is 18.3 Å². The average molecular weight is 254 g/mol. The van der Waals surface area contributed by atoms with Gasteiger partial charge in [0.15, 0.2) is 0 Å². The molecular formula is C13H22N2OS. The maximum atomic E-state index is 9.47. The molecule has 0 aliphatic carbocycles. The van der Waals surface area contributed by atoms with Crippen LogP contribution in [-0.4, -0.2) is 34.1 Å². The zero-order valence-corrected chi connectivity index (χ0v) is 11.5. The number of rotatable bonds is 4. The monoisotopic (exact) mass is 254 g/mol. The summed E-state index contributed by atoms with van der Waals surface area (Å²) in [6.45, 7) is 6.38. The van der Waals surface area contributed by atoms with Gasteiger partial charge in [-0.25, -0.2) is 4.98 Å². The second kappa shape index (κ2) is 5.94. The summed E-state index contributed by atoms with van der Waals surface area (Å²) in [4.78, 5) is 7.08. The van der Waals surface area contributed by atoms with Gasteiger partial charge in [0.1, 0.15) is 0 Å². The van der Waals surface area contributed by atoms with E-state index in [0.717, 1.165) is 18.7 Å². The predicted molar refractivity (Wildman–Crippen MR) is 71.3 cm³/mol. The fourth-order valence-electron chi connectivity index (χ4n) is 2.52. The molecule has 1 saturated heterocycles. The molecule has 2 rings (SSSR count). The van der Waals surface area contributed by atoms with E-state index in [9.17, 15) is 5.11 Å². The Morgan fingerprint density at radius 1 is 1.59 bits per heavy atom. The van der Waals surface area contributed by atoms with Crippen LogP contribution in [0.4, 0.5) is 0 Å². The number of aliphatic hydroxyl groups is 1. The van der Waals surface area contributed by atoms with Crippen LogP contribution in [0.5, 0.6) is 0 Å². The summed E-state index contributed by atoms with van der Waals surface area (Å²) in [5.74, 6) is 0. The molecule has 2 atom stereocenters. The first-order valence-electron chi connectivity index (χ1n) is 6.57. The number of hydrogen-bond donors (Lipinski definition) is 1. The number of likely N-dealkylation sites (N-methyl/N-ethyl adjacent to an activating group) is 1. The highest BCUT2D eigenvalue weighted by Gasteiger charge is 2.22. The minimum absolute atomic E-state index is 0.436. The summed E-state index contributed by atoms with van der Waals surface area (Å²) < 4.78 is 0. The highest BCUT2D eigenvalue weighted by Crippen LogP contribution is 2.23. The average Bonchev–Trinajstić information content (AvgIpc) is 2.78. The highest BCUT2D eigenvalue weighted by atomic mass is 32.1. The molecular weight excluding hydrogens is 232 g/mol. The van der Waals surface area contributed by atoms with Crippen LogP contribution in [0.25, 0.3) is 0 Å². The molecule has 1 aromatic rings. The van der Waals surface area contributed by atoms with Gasteiger partial charge in [-0.3, -0.25) is 0 Å². The third-order valence-electron chi connectivity index (χ3n) is 3.56. The fraction of sp³-hybridized carbons (Fsp3) is 0.769. The molecule has 0 radical (unpaired) electrons. The molecule has 1 aliphatic heterocycles. The number of hydrogen-bond acceptors (Lipinski definition) is 4. The summed E-state index contributed by atoms with van der Waals surface area (Å²) in [6, 6.07) is 0.654. The van der Waals surface area contributed by atoms with E-state index in [0.29, 0.717) is 6.04 Å². The summed E-state index contributed by atoms with van der Waals surface area (Å²) in [5, 5.41) is 12.6. The fourth-order valence-corrected chi connectivity index (χ4v) is 3.47. The first-order valence-corrected chi connectivity index (χ1v) is 7.45. The minimum Gasteiger partial charge on any atom is -0.387 e. The molecule has 0 aromatic carbocycles. The van der Waals surface area contributed by atoms with Crippen LogP contribution in [0.1, 0.15) is 49.9 Å². The predicted octanol–water partition coefficient (Wildman–Crippen LogP) is 2.61. The highest BCUT2D eigenvalue weighted by molar-refractivity contribution is 7.09. The second-order valence-electron chi connectivity index (χ2n) is 4.82. The van der Waals surface area contributed by atoms with Crippen LogP contribution in [0.3, 0.4) is 0 Å². The van der Waals surface area contributed by atoms with E-state index in [1.807, 2.05) is 5.38 Å². The Morgan fingerprint density at radius 3 is 3.06 bits per heavy atom. The normalized spacial score (nSPS) is 23.8. The van der Waals surface area contributed by atoms with Crippen molar-refractivity contribution in [2.75, 3.05) is 13.1 Å². The molecule has 1 fully saturated rings. The molecule has 2 unspecified atom stereocenters. The molecule has 96 valence electrons. The van der Waals surface area contributed by atoms with Crippen LogP contribution in [0.15, 0.2) is 5.38 Å². The number of thiazole rings is 1. The number of aromatic nitrogens is 1. The summed E-state index contributed by atoms with van der Waals surface area (Å²) in [5.41, 5.74) is 0.823. The standard InChI is InChI=1S/C13H22N2OS/c1-3-15-7-5-4-6-11(15)8-13-14-12(9-17-13)10(2)16/h9-11,16H,3-8H2,1-2H3. The van der Waals surface area contributed by atoms with Crippen LogP contribution in [0, 0.1) is 0 Å². The van der Waals surface area contributed by atoms with E-state index in [-0.39, 0.29) is 0 Å².